The summed E-state index contributed by atoms with van der Waals surface area (Å²) in [6.07, 6.45) is 0. The Hall–Kier alpha value is -1.54. The highest BCUT2D eigenvalue weighted by Crippen LogP contribution is 2.27. The number of benzene rings is 2. The summed E-state index contributed by atoms with van der Waals surface area (Å²) in [6.45, 7) is 0. The van der Waals surface area contributed by atoms with Gasteiger partial charge in [0.1, 0.15) is 0 Å². The Labute approximate surface area is 140 Å². The van der Waals surface area contributed by atoms with Gasteiger partial charge in [-0.25, -0.2) is 0 Å². The lowest BCUT2D eigenvalue weighted by Crippen LogP contribution is -2.14. The number of nitrogens with one attached hydrogen (secondary N) is 1. The van der Waals surface area contributed by atoms with Crippen molar-refractivity contribution in [2.45, 2.75) is 4.90 Å². The topological polar surface area (TPSA) is 72.2 Å². The maximum absolute atomic E-state index is 12.2. The molecule has 0 spiro atoms. The molecule has 2 rings (SSSR count). The van der Waals surface area contributed by atoms with Crippen LogP contribution in [0, 0.1) is 3.57 Å². The number of hydrogen-bond donors (Lipinski definition) is 2. The number of primary amides is 1. The van der Waals surface area contributed by atoms with Gasteiger partial charge >= 0.3 is 0 Å². The third-order valence-corrected chi connectivity index (χ3v) is 4.43. The molecule has 2 amide bonds. The summed E-state index contributed by atoms with van der Waals surface area (Å²) in [5, 5.41) is 2.86. The van der Waals surface area contributed by atoms with Crippen LogP contribution in [0.5, 0.6) is 0 Å². The number of anilines is 1. The van der Waals surface area contributed by atoms with E-state index in [4.69, 9.17) is 5.73 Å². The minimum absolute atomic E-state index is 0.177. The van der Waals surface area contributed by atoms with Crippen LogP contribution in [0.4, 0.5) is 5.69 Å². The minimum atomic E-state index is -0.390. The molecule has 2 aromatic carbocycles. The second kappa shape index (κ2) is 7.46. The molecule has 21 heavy (non-hydrogen) atoms. The highest BCUT2D eigenvalue weighted by Gasteiger charge is 2.09. The number of nitrogens with two attached hydrogens (primary N) is 1. The largest absolute Gasteiger partial charge is 0.369 e. The maximum Gasteiger partial charge on any atom is 0.255 e. The lowest BCUT2D eigenvalue weighted by Gasteiger charge is -2.10. The van der Waals surface area contributed by atoms with Crippen LogP contribution in [0.15, 0.2) is 53.4 Å². The molecule has 0 aliphatic carbocycles. The monoisotopic (exact) mass is 412 g/mol. The van der Waals surface area contributed by atoms with Gasteiger partial charge in [0.05, 0.1) is 11.4 Å². The van der Waals surface area contributed by atoms with Crippen molar-refractivity contribution in [3.63, 3.8) is 0 Å². The summed E-state index contributed by atoms with van der Waals surface area (Å²) in [5.41, 5.74) is 6.41. The molecule has 4 nitrogen and oxygen atoms in total. The first-order chi connectivity index (χ1) is 10.1. The van der Waals surface area contributed by atoms with Crippen molar-refractivity contribution in [1.29, 1.82) is 0 Å². The summed E-state index contributed by atoms with van der Waals surface area (Å²) in [7, 11) is 0. The zero-order valence-electron chi connectivity index (χ0n) is 11.0. The van der Waals surface area contributed by atoms with Crippen molar-refractivity contribution in [3.05, 3.63) is 57.7 Å². The van der Waals surface area contributed by atoms with Gasteiger partial charge in [-0.05, 0) is 59.0 Å². The fourth-order valence-electron chi connectivity index (χ4n) is 1.64. The average molecular weight is 412 g/mol. The van der Waals surface area contributed by atoms with E-state index in [1.807, 2.05) is 30.3 Å². The van der Waals surface area contributed by atoms with Crippen molar-refractivity contribution in [1.82, 2.24) is 0 Å². The molecule has 0 heterocycles. The van der Waals surface area contributed by atoms with Crippen molar-refractivity contribution >= 4 is 51.9 Å². The average Bonchev–Trinajstić information content (AvgIpc) is 2.47. The number of thioether (sulfide) groups is 1. The molecule has 0 atom stereocenters. The second-order valence-electron chi connectivity index (χ2n) is 4.21. The van der Waals surface area contributed by atoms with E-state index in [0.717, 1.165) is 8.47 Å². The van der Waals surface area contributed by atoms with E-state index >= 15 is 0 Å². The molecule has 0 aliphatic rings. The first-order valence-electron chi connectivity index (χ1n) is 6.13. The Morgan fingerprint density at radius 1 is 1.10 bits per heavy atom. The van der Waals surface area contributed by atoms with Crippen LogP contribution < -0.4 is 11.1 Å². The van der Waals surface area contributed by atoms with E-state index in [9.17, 15) is 9.59 Å². The zero-order chi connectivity index (χ0) is 15.2. The summed E-state index contributed by atoms with van der Waals surface area (Å²) in [4.78, 5) is 23.9. The van der Waals surface area contributed by atoms with Crippen LogP contribution >= 0.6 is 34.4 Å². The molecule has 0 saturated heterocycles. The zero-order valence-corrected chi connectivity index (χ0v) is 14.0. The van der Waals surface area contributed by atoms with Gasteiger partial charge in [-0.15, -0.1) is 11.8 Å². The number of carbonyl (C=O) groups is 2. The van der Waals surface area contributed by atoms with Gasteiger partial charge in [-0.3, -0.25) is 9.59 Å². The van der Waals surface area contributed by atoms with Crippen molar-refractivity contribution in [2.24, 2.45) is 5.73 Å². The number of para-hydroxylation sites is 1. The third kappa shape index (κ3) is 4.75. The first-order valence-corrected chi connectivity index (χ1v) is 8.20. The predicted molar refractivity (Wildman–Crippen MR) is 93.5 cm³/mol. The van der Waals surface area contributed by atoms with E-state index in [1.165, 1.54) is 11.8 Å². The quantitative estimate of drug-likeness (QED) is 0.586. The highest BCUT2D eigenvalue weighted by molar-refractivity contribution is 14.1. The number of hydrogen-bond acceptors (Lipinski definition) is 3. The minimum Gasteiger partial charge on any atom is -0.369 e. The van der Waals surface area contributed by atoms with Gasteiger partial charge < -0.3 is 11.1 Å². The van der Waals surface area contributed by atoms with E-state index in [1.54, 1.807) is 18.2 Å². The molecule has 0 unspecified atom stereocenters. The molecule has 0 bridgehead atoms. The third-order valence-electron chi connectivity index (χ3n) is 2.61. The smallest absolute Gasteiger partial charge is 0.255 e. The lowest BCUT2D eigenvalue weighted by molar-refractivity contribution is -0.115. The molecule has 108 valence electrons. The van der Waals surface area contributed by atoms with Gasteiger partial charge in [0.2, 0.25) is 5.91 Å². The van der Waals surface area contributed by atoms with E-state index in [2.05, 4.69) is 27.9 Å². The molecular formula is C15H13IN2O2S. The number of halogens is 1. The number of carbonyl (C=O) groups excluding carboxylic acids is 2. The molecule has 0 saturated carbocycles. The molecule has 0 radical (unpaired) electrons. The maximum atomic E-state index is 12.2. The molecule has 0 aromatic heterocycles. The van der Waals surface area contributed by atoms with Gasteiger partial charge in [0.15, 0.2) is 0 Å². The van der Waals surface area contributed by atoms with Crippen LogP contribution in [0.1, 0.15) is 10.4 Å². The Balaban J connectivity index is 2.13. The number of amides is 2. The standard InChI is InChI=1S/C15H13IN2O2S/c16-11-7-5-10(6-8-11)15(20)18-12-3-1-2-4-13(12)21-9-14(17)19/h1-8H,9H2,(H2,17,19)(H,18,20). The van der Waals surface area contributed by atoms with Crippen LogP contribution in [0.2, 0.25) is 0 Å². The highest BCUT2D eigenvalue weighted by atomic mass is 127. The Morgan fingerprint density at radius 2 is 1.76 bits per heavy atom. The molecule has 3 N–H and O–H groups in total. The van der Waals surface area contributed by atoms with E-state index in [0.29, 0.717) is 11.3 Å². The second-order valence-corrected chi connectivity index (χ2v) is 6.47. The van der Waals surface area contributed by atoms with Crippen molar-refractivity contribution in [3.8, 4) is 0 Å². The Morgan fingerprint density at radius 3 is 2.43 bits per heavy atom. The van der Waals surface area contributed by atoms with Crippen LogP contribution in [-0.2, 0) is 4.79 Å². The lowest BCUT2D eigenvalue weighted by atomic mass is 10.2. The fraction of sp³-hybridized carbons (Fsp3) is 0.0667. The van der Waals surface area contributed by atoms with Gasteiger partial charge in [0, 0.05) is 14.0 Å². The SMILES string of the molecule is NC(=O)CSc1ccccc1NC(=O)c1ccc(I)cc1. The molecule has 0 fully saturated rings. The van der Waals surface area contributed by atoms with Crippen LogP contribution in [0.3, 0.4) is 0 Å². The van der Waals surface area contributed by atoms with Gasteiger partial charge in [0.25, 0.3) is 5.91 Å². The Kier molecular flexibility index (Phi) is 5.63. The van der Waals surface area contributed by atoms with Crippen molar-refractivity contribution in [2.75, 3.05) is 11.1 Å². The number of rotatable bonds is 5. The summed E-state index contributed by atoms with van der Waals surface area (Å²) < 4.78 is 1.07. The normalized spacial score (nSPS) is 10.1. The molecular weight excluding hydrogens is 399 g/mol. The summed E-state index contributed by atoms with van der Waals surface area (Å²) in [5.74, 6) is -0.395. The first kappa shape index (κ1) is 15.8. The predicted octanol–water partition coefficient (Wildman–Crippen LogP) is 3.12. The van der Waals surface area contributed by atoms with Crippen molar-refractivity contribution < 1.29 is 9.59 Å². The van der Waals surface area contributed by atoms with Crippen LogP contribution in [-0.4, -0.2) is 17.6 Å². The van der Waals surface area contributed by atoms with Crippen LogP contribution in [0.25, 0.3) is 0 Å². The Bertz CT molecular complexity index is 659. The molecule has 2 aromatic rings. The van der Waals surface area contributed by atoms with E-state index in [-0.39, 0.29) is 11.7 Å². The van der Waals surface area contributed by atoms with E-state index < -0.39 is 5.91 Å². The fourth-order valence-corrected chi connectivity index (χ4v) is 2.75. The van der Waals surface area contributed by atoms with Gasteiger partial charge in [-0.1, -0.05) is 12.1 Å². The van der Waals surface area contributed by atoms with Gasteiger partial charge in [-0.2, -0.15) is 0 Å². The summed E-state index contributed by atoms with van der Waals surface area (Å²) >= 11 is 3.49. The molecule has 6 heteroatoms. The molecule has 0 aliphatic heterocycles. The summed E-state index contributed by atoms with van der Waals surface area (Å²) in [6, 6.07) is 14.6.